The second-order valence-corrected chi connectivity index (χ2v) is 2.86. The smallest absolute Gasteiger partial charge is 0.366 e. The maximum absolute atomic E-state index is 12.9. The summed E-state index contributed by atoms with van der Waals surface area (Å²) in [6.45, 7) is 0. The lowest BCUT2D eigenvalue weighted by atomic mass is 10.0. The minimum absolute atomic E-state index is 0.244. The summed E-state index contributed by atoms with van der Waals surface area (Å²) in [6, 6.07) is 1.17. The Hall–Kier alpha value is -1.92. The molecule has 0 saturated heterocycles. The minimum Gasteiger partial charge on any atom is -0.366 e. The quantitative estimate of drug-likeness (QED) is 0.627. The molecule has 1 rings (SSSR count). The fourth-order valence-electron chi connectivity index (χ4n) is 1.22. The molecule has 2 N–H and O–H groups in total. The zero-order valence-electron chi connectivity index (χ0n) is 7.64. The molecule has 0 aliphatic carbocycles. The Morgan fingerprint density at radius 2 is 1.88 bits per heavy atom. The van der Waals surface area contributed by atoms with Gasteiger partial charge in [0.15, 0.2) is 6.29 Å². The van der Waals surface area contributed by atoms with E-state index in [-0.39, 0.29) is 6.29 Å². The number of carbonyl (C=O) groups excluding carboxylic acids is 2. The summed E-state index contributed by atoms with van der Waals surface area (Å²) in [5.74, 6) is -2.85. The van der Waals surface area contributed by atoms with E-state index in [0.717, 1.165) is 6.07 Å². The molecule has 16 heavy (non-hydrogen) atoms. The Morgan fingerprint density at radius 1 is 1.31 bits per heavy atom. The van der Waals surface area contributed by atoms with Crippen molar-refractivity contribution in [2.45, 2.75) is 6.18 Å². The van der Waals surface area contributed by atoms with Crippen LogP contribution in [0, 0.1) is 5.82 Å². The maximum Gasteiger partial charge on any atom is 0.419 e. The van der Waals surface area contributed by atoms with Crippen LogP contribution in [-0.4, -0.2) is 12.2 Å². The number of hydrogen-bond donors (Lipinski definition) is 1. The van der Waals surface area contributed by atoms with E-state index in [1.807, 2.05) is 0 Å². The van der Waals surface area contributed by atoms with E-state index in [2.05, 4.69) is 0 Å². The van der Waals surface area contributed by atoms with Crippen LogP contribution in [0.25, 0.3) is 0 Å². The number of carbonyl (C=O) groups is 2. The number of hydrogen-bond acceptors (Lipinski definition) is 2. The molecule has 0 spiro atoms. The van der Waals surface area contributed by atoms with Gasteiger partial charge in [-0.2, -0.15) is 13.2 Å². The van der Waals surface area contributed by atoms with E-state index < -0.39 is 34.6 Å². The van der Waals surface area contributed by atoms with Crippen LogP contribution in [-0.2, 0) is 6.18 Å². The highest BCUT2D eigenvalue weighted by atomic mass is 19.4. The average Bonchev–Trinajstić information content (AvgIpc) is 2.14. The lowest BCUT2D eigenvalue weighted by Gasteiger charge is -2.12. The van der Waals surface area contributed by atoms with Crippen molar-refractivity contribution in [1.82, 2.24) is 0 Å². The first-order valence-electron chi connectivity index (χ1n) is 3.93. The van der Waals surface area contributed by atoms with Crippen LogP contribution < -0.4 is 5.73 Å². The molecule has 1 amide bonds. The topological polar surface area (TPSA) is 60.2 Å². The highest BCUT2D eigenvalue weighted by Crippen LogP contribution is 2.34. The summed E-state index contributed by atoms with van der Waals surface area (Å²) >= 11 is 0. The molecular weight excluding hydrogens is 230 g/mol. The Morgan fingerprint density at radius 3 is 2.25 bits per heavy atom. The molecule has 1 aromatic carbocycles. The molecule has 0 saturated carbocycles. The van der Waals surface area contributed by atoms with E-state index in [4.69, 9.17) is 5.73 Å². The van der Waals surface area contributed by atoms with Gasteiger partial charge in [-0.25, -0.2) is 4.39 Å². The van der Waals surface area contributed by atoms with Crippen molar-refractivity contribution in [2.75, 3.05) is 0 Å². The van der Waals surface area contributed by atoms with Gasteiger partial charge in [0.1, 0.15) is 11.4 Å². The van der Waals surface area contributed by atoms with E-state index in [1.54, 1.807) is 0 Å². The molecule has 86 valence electrons. The van der Waals surface area contributed by atoms with Crippen LogP contribution in [0.5, 0.6) is 0 Å². The molecule has 0 aliphatic heterocycles. The molecule has 0 bridgehead atoms. The van der Waals surface area contributed by atoms with Crippen LogP contribution in [0.1, 0.15) is 26.3 Å². The Balaban J connectivity index is 3.64. The number of benzene rings is 1. The number of amides is 1. The first-order chi connectivity index (χ1) is 7.29. The Kier molecular flexibility index (Phi) is 2.97. The SMILES string of the molecule is NC(=O)c1ccc(F)c(C(F)(F)F)c1C=O. The predicted molar refractivity (Wildman–Crippen MR) is 45.3 cm³/mol. The van der Waals surface area contributed by atoms with Gasteiger partial charge < -0.3 is 5.73 Å². The molecule has 0 unspecified atom stereocenters. The standard InChI is InChI=1S/C9H5F4NO2/c10-6-2-1-4(8(14)16)5(3-15)7(6)9(11,12)13/h1-3H,(H2,14,16). The van der Waals surface area contributed by atoms with Crippen LogP contribution in [0.2, 0.25) is 0 Å². The minimum atomic E-state index is -5.06. The summed E-state index contributed by atoms with van der Waals surface area (Å²) in [5.41, 5.74) is 1.24. The number of rotatable bonds is 2. The summed E-state index contributed by atoms with van der Waals surface area (Å²) < 4.78 is 50.1. The number of primary amides is 1. The third kappa shape index (κ3) is 2.02. The maximum atomic E-state index is 12.9. The molecule has 1 aromatic rings. The number of aldehydes is 1. The van der Waals surface area contributed by atoms with E-state index >= 15 is 0 Å². The zero-order valence-corrected chi connectivity index (χ0v) is 7.64. The number of nitrogens with two attached hydrogens (primary N) is 1. The highest BCUT2D eigenvalue weighted by molar-refractivity contribution is 6.01. The van der Waals surface area contributed by atoms with Gasteiger partial charge in [0.2, 0.25) is 5.91 Å². The van der Waals surface area contributed by atoms with Gasteiger partial charge in [-0.15, -0.1) is 0 Å². The summed E-state index contributed by atoms with van der Waals surface area (Å²) in [4.78, 5) is 21.2. The van der Waals surface area contributed by atoms with Crippen LogP contribution in [0.15, 0.2) is 12.1 Å². The molecule has 0 heterocycles. The van der Waals surface area contributed by atoms with Gasteiger partial charge in [0.25, 0.3) is 0 Å². The second-order valence-electron chi connectivity index (χ2n) is 2.86. The van der Waals surface area contributed by atoms with Gasteiger partial charge in [-0.05, 0) is 12.1 Å². The Bertz CT molecular complexity index is 454. The fraction of sp³-hybridized carbons (Fsp3) is 0.111. The van der Waals surface area contributed by atoms with E-state index in [1.165, 1.54) is 0 Å². The van der Waals surface area contributed by atoms with Gasteiger partial charge in [-0.3, -0.25) is 9.59 Å². The second kappa shape index (κ2) is 3.92. The summed E-state index contributed by atoms with van der Waals surface area (Å²) in [6.07, 6.45) is -5.31. The van der Waals surface area contributed by atoms with Gasteiger partial charge in [0, 0.05) is 5.56 Å². The third-order valence-corrected chi connectivity index (χ3v) is 1.86. The monoisotopic (exact) mass is 235 g/mol. The normalized spacial score (nSPS) is 11.2. The number of halogens is 4. The largest absolute Gasteiger partial charge is 0.419 e. The molecular formula is C9H5F4NO2. The van der Waals surface area contributed by atoms with Gasteiger partial charge in [-0.1, -0.05) is 0 Å². The predicted octanol–water partition coefficient (Wildman–Crippen LogP) is 1.76. The molecule has 0 atom stereocenters. The lowest BCUT2D eigenvalue weighted by molar-refractivity contribution is -0.140. The van der Waals surface area contributed by atoms with Crippen molar-refractivity contribution in [3.63, 3.8) is 0 Å². The average molecular weight is 235 g/mol. The third-order valence-electron chi connectivity index (χ3n) is 1.86. The lowest BCUT2D eigenvalue weighted by Crippen LogP contribution is -2.19. The van der Waals surface area contributed by atoms with Crippen molar-refractivity contribution in [3.8, 4) is 0 Å². The molecule has 0 aromatic heterocycles. The summed E-state index contributed by atoms with van der Waals surface area (Å²) in [5, 5.41) is 0. The van der Waals surface area contributed by atoms with Crippen LogP contribution >= 0.6 is 0 Å². The Labute approximate surface area is 86.9 Å². The van der Waals surface area contributed by atoms with E-state index in [0.29, 0.717) is 6.07 Å². The number of alkyl halides is 3. The molecule has 7 heteroatoms. The van der Waals surface area contributed by atoms with Gasteiger partial charge in [0.05, 0.1) is 5.56 Å². The van der Waals surface area contributed by atoms with Crippen molar-refractivity contribution in [1.29, 1.82) is 0 Å². The molecule has 0 aliphatic rings. The van der Waals surface area contributed by atoms with Crippen molar-refractivity contribution >= 4 is 12.2 Å². The van der Waals surface area contributed by atoms with Crippen molar-refractivity contribution in [2.24, 2.45) is 5.73 Å². The van der Waals surface area contributed by atoms with Crippen LogP contribution in [0.4, 0.5) is 17.6 Å². The zero-order chi connectivity index (χ0) is 12.5. The first-order valence-corrected chi connectivity index (χ1v) is 3.93. The fourth-order valence-corrected chi connectivity index (χ4v) is 1.22. The van der Waals surface area contributed by atoms with E-state index in [9.17, 15) is 27.2 Å². The van der Waals surface area contributed by atoms with Crippen molar-refractivity contribution in [3.05, 3.63) is 34.6 Å². The van der Waals surface area contributed by atoms with Gasteiger partial charge >= 0.3 is 6.18 Å². The van der Waals surface area contributed by atoms with Crippen molar-refractivity contribution < 1.29 is 27.2 Å². The molecule has 0 radical (unpaired) electrons. The summed E-state index contributed by atoms with van der Waals surface area (Å²) in [7, 11) is 0. The molecule has 3 nitrogen and oxygen atoms in total. The highest BCUT2D eigenvalue weighted by Gasteiger charge is 2.38. The first kappa shape index (κ1) is 12.2. The molecule has 0 fully saturated rings. The van der Waals surface area contributed by atoms with Crippen LogP contribution in [0.3, 0.4) is 0 Å².